The van der Waals surface area contributed by atoms with Crippen LogP contribution in [0.4, 0.5) is 5.82 Å². The molecule has 0 bridgehead atoms. The zero-order valence-corrected chi connectivity index (χ0v) is 18.7. The van der Waals surface area contributed by atoms with Gasteiger partial charge in [0.1, 0.15) is 29.0 Å². The van der Waals surface area contributed by atoms with Gasteiger partial charge in [0.25, 0.3) is 0 Å². The lowest BCUT2D eigenvalue weighted by molar-refractivity contribution is 0.415. The molecular weight excluding hydrogens is 396 g/mol. The molecule has 0 unspecified atom stereocenters. The number of aryl methyl sites for hydroxylation is 1. The van der Waals surface area contributed by atoms with Crippen LogP contribution in [0.5, 0.6) is 5.75 Å². The van der Waals surface area contributed by atoms with Gasteiger partial charge >= 0.3 is 0 Å². The Kier molecular flexibility index (Phi) is 5.62. The highest BCUT2D eigenvalue weighted by Crippen LogP contribution is 2.41. The first kappa shape index (κ1) is 20.6. The molecule has 30 heavy (non-hydrogen) atoms. The van der Waals surface area contributed by atoms with Crippen molar-refractivity contribution in [3.8, 4) is 22.9 Å². The number of nitrogens with one attached hydrogen (secondary N) is 1. The fraction of sp³-hybridized carbons (Fsp3) is 0.417. The lowest BCUT2D eigenvalue weighted by atomic mass is 10.0. The Morgan fingerprint density at radius 1 is 1.30 bits per heavy atom. The van der Waals surface area contributed by atoms with E-state index in [1.54, 1.807) is 7.11 Å². The van der Waals surface area contributed by atoms with Gasteiger partial charge < -0.3 is 10.1 Å². The van der Waals surface area contributed by atoms with E-state index < -0.39 is 0 Å². The summed E-state index contributed by atoms with van der Waals surface area (Å²) < 4.78 is 7.33. The minimum Gasteiger partial charge on any atom is -0.497 e. The topological polar surface area (TPSA) is 62.4 Å². The number of benzene rings is 1. The monoisotopic (exact) mass is 422 g/mol. The van der Waals surface area contributed by atoms with Gasteiger partial charge in [0, 0.05) is 28.4 Å². The summed E-state index contributed by atoms with van der Waals surface area (Å²) in [7, 11) is 1.62. The van der Waals surface area contributed by atoms with Crippen LogP contribution in [-0.2, 0) is 12.8 Å². The van der Waals surface area contributed by atoms with E-state index in [0.29, 0.717) is 22.5 Å². The highest BCUT2D eigenvalue weighted by atomic mass is 35.5. The van der Waals surface area contributed by atoms with Crippen molar-refractivity contribution in [2.45, 2.75) is 58.9 Å². The number of fused-ring (bicyclic) bond motifs is 2. The number of hydrogen-bond donors (Lipinski definition) is 1. The summed E-state index contributed by atoms with van der Waals surface area (Å²) in [5, 5.41) is 14.4. The third kappa shape index (κ3) is 3.20. The maximum absolute atomic E-state index is 10.1. The van der Waals surface area contributed by atoms with Crippen LogP contribution in [0.25, 0.3) is 16.8 Å². The van der Waals surface area contributed by atoms with Gasteiger partial charge in [0.2, 0.25) is 0 Å². The van der Waals surface area contributed by atoms with Crippen molar-refractivity contribution in [2.75, 3.05) is 12.4 Å². The molecule has 1 N–H and O–H groups in total. The van der Waals surface area contributed by atoms with Crippen molar-refractivity contribution < 1.29 is 4.74 Å². The second-order valence-electron chi connectivity index (χ2n) is 7.86. The first-order chi connectivity index (χ1) is 14.5. The first-order valence-corrected chi connectivity index (χ1v) is 11.0. The van der Waals surface area contributed by atoms with Crippen LogP contribution < -0.4 is 10.1 Å². The van der Waals surface area contributed by atoms with E-state index in [1.165, 1.54) is 5.56 Å². The summed E-state index contributed by atoms with van der Waals surface area (Å²) in [6.45, 7) is 6.36. The quantitative estimate of drug-likeness (QED) is 0.534. The molecule has 2 aromatic heterocycles. The van der Waals surface area contributed by atoms with Gasteiger partial charge in [0.15, 0.2) is 0 Å². The van der Waals surface area contributed by atoms with E-state index in [0.717, 1.165) is 66.0 Å². The fourth-order valence-corrected chi connectivity index (χ4v) is 4.75. The molecule has 1 aromatic carbocycles. The predicted octanol–water partition coefficient (Wildman–Crippen LogP) is 5.93. The average molecular weight is 423 g/mol. The van der Waals surface area contributed by atoms with Crippen molar-refractivity contribution in [1.29, 1.82) is 5.26 Å². The molecule has 156 valence electrons. The van der Waals surface area contributed by atoms with Crippen molar-refractivity contribution in [1.82, 2.24) is 9.38 Å². The predicted molar refractivity (Wildman–Crippen MR) is 122 cm³/mol. The molecule has 0 fully saturated rings. The van der Waals surface area contributed by atoms with E-state index >= 15 is 0 Å². The number of rotatable bonds is 6. The van der Waals surface area contributed by atoms with Crippen LogP contribution in [0.1, 0.15) is 55.6 Å². The largest absolute Gasteiger partial charge is 0.497 e. The van der Waals surface area contributed by atoms with E-state index in [-0.39, 0.29) is 0 Å². The van der Waals surface area contributed by atoms with E-state index in [2.05, 4.69) is 25.2 Å². The summed E-state index contributed by atoms with van der Waals surface area (Å²) in [5.41, 5.74) is 6.47. The van der Waals surface area contributed by atoms with Gasteiger partial charge in [-0.15, -0.1) is 0 Å². The van der Waals surface area contributed by atoms with Crippen molar-refractivity contribution in [3.05, 3.63) is 45.7 Å². The van der Waals surface area contributed by atoms with E-state index in [4.69, 9.17) is 21.3 Å². The lowest BCUT2D eigenvalue weighted by Crippen LogP contribution is -2.21. The maximum atomic E-state index is 10.1. The Labute approximate surface area is 182 Å². The zero-order valence-electron chi connectivity index (χ0n) is 18.0. The van der Waals surface area contributed by atoms with Gasteiger partial charge in [-0.25, -0.2) is 4.98 Å². The number of methoxy groups -OCH3 is 1. The second kappa shape index (κ2) is 8.20. The van der Waals surface area contributed by atoms with Crippen LogP contribution in [0.15, 0.2) is 18.2 Å². The van der Waals surface area contributed by atoms with Crippen molar-refractivity contribution in [2.24, 2.45) is 0 Å². The summed E-state index contributed by atoms with van der Waals surface area (Å²) in [6.07, 6.45) is 5.09. The molecule has 6 heteroatoms. The van der Waals surface area contributed by atoms with Crippen LogP contribution in [0.2, 0.25) is 5.02 Å². The number of halogens is 1. The van der Waals surface area contributed by atoms with E-state index in [1.807, 2.05) is 29.5 Å². The molecule has 2 heterocycles. The molecular formula is C24H27ClN4O. The summed E-state index contributed by atoms with van der Waals surface area (Å²) >= 11 is 6.64. The van der Waals surface area contributed by atoms with Crippen LogP contribution >= 0.6 is 11.6 Å². The van der Waals surface area contributed by atoms with Crippen molar-refractivity contribution >= 4 is 23.1 Å². The Balaban J connectivity index is 2.05. The van der Waals surface area contributed by atoms with Gasteiger partial charge in [-0.2, -0.15) is 5.26 Å². The second-order valence-corrected chi connectivity index (χ2v) is 8.27. The number of ether oxygens (including phenoxy) is 1. The van der Waals surface area contributed by atoms with Gasteiger partial charge in [-0.3, -0.25) is 4.40 Å². The molecule has 0 saturated heterocycles. The minimum absolute atomic E-state index is 0.350. The molecule has 4 rings (SSSR count). The summed E-state index contributed by atoms with van der Waals surface area (Å²) in [4.78, 5) is 5.05. The van der Waals surface area contributed by atoms with Gasteiger partial charge in [-0.1, -0.05) is 25.4 Å². The maximum Gasteiger partial charge on any atom is 0.147 e. The van der Waals surface area contributed by atoms with Gasteiger partial charge in [-0.05, 0) is 62.8 Å². The third-order valence-corrected chi connectivity index (χ3v) is 6.52. The SMILES string of the molecule is CCC(CC)Nc1c2c(nc3c(-c4ccc(OC)cc4Cl)c(C)c(C#N)n13)CCC2. The normalized spacial score (nSPS) is 13.0. The Bertz CT molecular complexity index is 1150. The van der Waals surface area contributed by atoms with Crippen LogP contribution in [0.3, 0.4) is 0 Å². The Morgan fingerprint density at radius 2 is 2.07 bits per heavy atom. The Hall–Kier alpha value is -2.71. The minimum atomic E-state index is 0.350. The fourth-order valence-electron chi connectivity index (χ4n) is 4.48. The smallest absolute Gasteiger partial charge is 0.147 e. The van der Waals surface area contributed by atoms with E-state index in [9.17, 15) is 5.26 Å². The van der Waals surface area contributed by atoms with Crippen LogP contribution in [0, 0.1) is 18.3 Å². The molecule has 3 aromatic rings. The molecule has 0 spiro atoms. The van der Waals surface area contributed by atoms with Crippen LogP contribution in [-0.4, -0.2) is 22.5 Å². The zero-order chi connectivity index (χ0) is 21.4. The summed E-state index contributed by atoms with van der Waals surface area (Å²) in [6, 6.07) is 8.43. The highest BCUT2D eigenvalue weighted by Gasteiger charge is 2.27. The standard InChI is InChI=1S/C24H27ClN4O/c1-5-15(6-2)27-23-18-8-7-9-20(18)28-24-22(14(3)21(13-26)29(23)24)17-11-10-16(30-4)12-19(17)25/h10-12,15,27H,5-9H2,1-4H3. The molecule has 5 nitrogen and oxygen atoms in total. The number of aromatic nitrogens is 2. The number of nitrogens with zero attached hydrogens (tertiary/aromatic N) is 3. The van der Waals surface area contributed by atoms with Gasteiger partial charge in [0.05, 0.1) is 12.1 Å². The number of anilines is 1. The molecule has 0 saturated carbocycles. The average Bonchev–Trinajstić information content (AvgIpc) is 3.33. The first-order valence-electron chi connectivity index (χ1n) is 10.6. The molecule has 0 amide bonds. The molecule has 0 radical (unpaired) electrons. The number of hydrogen-bond acceptors (Lipinski definition) is 4. The summed E-state index contributed by atoms with van der Waals surface area (Å²) in [5.74, 6) is 1.73. The number of nitriles is 1. The lowest BCUT2D eigenvalue weighted by Gasteiger charge is -2.21. The molecule has 0 atom stereocenters. The molecule has 1 aliphatic rings. The highest BCUT2D eigenvalue weighted by molar-refractivity contribution is 6.33. The molecule has 0 aliphatic heterocycles. The Morgan fingerprint density at radius 3 is 2.70 bits per heavy atom. The third-order valence-electron chi connectivity index (χ3n) is 6.21. The molecule has 1 aliphatic carbocycles. The van der Waals surface area contributed by atoms with Crippen molar-refractivity contribution in [3.63, 3.8) is 0 Å².